The number of ketones is 1. The van der Waals surface area contributed by atoms with Gasteiger partial charge in [0, 0.05) is 15.5 Å². The lowest BCUT2D eigenvalue weighted by Crippen LogP contribution is -2.12. The summed E-state index contributed by atoms with van der Waals surface area (Å²) in [5.41, 5.74) is 2.65. The van der Waals surface area contributed by atoms with Gasteiger partial charge >= 0.3 is 0 Å². The van der Waals surface area contributed by atoms with Gasteiger partial charge in [-0.15, -0.1) is 0 Å². The molecule has 2 aromatic rings. The number of carbonyl (C=O) groups excluding carboxylic acids is 1. The lowest BCUT2D eigenvalue weighted by Gasteiger charge is -2.06. The normalized spacial score (nSPS) is 12.2. The van der Waals surface area contributed by atoms with Crippen molar-refractivity contribution in [3.05, 3.63) is 64.2 Å². The number of Topliss-reactive ketones (excluding diaryl/α,β-unsaturated/α-hetero) is 1. The van der Waals surface area contributed by atoms with Crippen LogP contribution in [0.4, 0.5) is 0 Å². The van der Waals surface area contributed by atoms with Crippen LogP contribution in [0.15, 0.2) is 47.4 Å². The molecule has 0 saturated carbocycles. The van der Waals surface area contributed by atoms with E-state index in [-0.39, 0.29) is 11.5 Å². The molecule has 0 amide bonds. The Morgan fingerprint density at radius 3 is 2.55 bits per heavy atom. The van der Waals surface area contributed by atoms with Crippen LogP contribution in [0.1, 0.15) is 21.5 Å². The minimum atomic E-state index is -1.37. The molecule has 0 aliphatic rings. The van der Waals surface area contributed by atoms with Crippen molar-refractivity contribution in [1.82, 2.24) is 0 Å². The summed E-state index contributed by atoms with van der Waals surface area (Å²) in [5.74, 6) is -0.134. The van der Waals surface area contributed by atoms with E-state index in [2.05, 4.69) is 0 Å². The second-order valence-electron chi connectivity index (χ2n) is 4.69. The van der Waals surface area contributed by atoms with Crippen LogP contribution >= 0.6 is 11.6 Å². The Morgan fingerprint density at radius 2 is 1.90 bits per heavy atom. The van der Waals surface area contributed by atoms with Crippen molar-refractivity contribution >= 4 is 28.2 Å². The van der Waals surface area contributed by atoms with Crippen LogP contribution in [-0.4, -0.2) is 15.7 Å². The van der Waals surface area contributed by atoms with Gasteiger partial charge in [-0.25, -0.2) is 0 Å². The molecule has 20 heavy (non-hydrogen) atoms. The number of hydrogen-bond acceptors (Lipinski definition) is 2. The van der Waals surface area contributed by atoms with E-state index >= 15 is 0 Å². The number of aryl methyl sites for hydroxylation is 2. The quantitative estimate of drug-likeness (QED) is 0.802. The van der Waals surface area contributed by atoms with E-state index in [1.54, 1.807) is 30.3 Å². The predicted octanol–water partition coefficient (Wildman–Crippen LogP) is 3.95. The third-order valence-corrected chi connectivity index (χ3v) is 4.54. The standard InChI is InChI=1S/C16H15ClO2S/c1-11-6-7-15(12(2)8-11)16(18)10-20(19)14-5-3-4-13(17)9-14/h3-9H,10H2,1-2H3. The molecule has 0 aromatic heterocycles. The molecule has 0 bridgehead atoms. The van der Waals surface area contributed by atoms with Crippen molar-refractivity contribution in [2.45, 2.75) is 18.7 Å². The summed E-state index contributed by atoms with van der Waals surface area (Å²) in [6, 6.07) is 12.4. The average molecular weight is 307 g/mol. The smallest absolute Gasteiger partial charge is 0.175 e. The van der Waals surface area contributed by atoms with Crippen LogP contribution in [0.25, 0.3) is 0 Å². The second-order valence-corrected chi connectivity index (χ2v) is 6.58. The first-order valence-corrected chi connectivity index (χ1v) is 7.91. The monoisotopic (exact) mass is 306 g/mol. The fraction of sp³-hybridized carbons (Fsp3) is 0.188. The van der Waals surface area contributed by atoms with Gasteiger partial charge in [-0.1, -0.05) is 41.4 Å². The van der Waals surface area contributed by atoms with Crippen LogP contribution in [0, 0.1) is 13.8 Å². The number of halogens is 1. The first kappa shape index (κ1) is 14.9. The van der Waals surface area contributed by atoms with Gasteiger partial charge in [-0.2, -0.15) is 0 Å². The lowest BCUT2D eigenvalue weighted by molar-refractivity contribution is 0.102. The van der Waals surface area contributed by atoms with Crippen molar-refractivity contribution in [1.29, 1.82) is 0 Å². The van der Waals surface area contributed by atoms with E-state index in [1.807, 2.05) is 26.0 Å². The van der Waals surface area contributed by atoms with Gasteiger partial charge < -0.3 is 0 Å². The molecular weight excluding hydrogens is 292 g/mol. The van der Waals surface area contributed by atoms with Crippen molar-refractivity contribution in [3.63, 3.8) is 0 Å². The Labute approximate surface area is 126 Å². The van der Waals surface area contributed by atoms with Gasteiger partial charge in [0.05, 0.1) is 16.6 Å². The summed E-state index contributed by atoms with van der Waals surface area (Å²) >= 11 is 5.87. The largest absolute Gasteiger partial charge is 0.293 e. The molecule has 0 heterocycles. The molecule has 0 spiro atoms. The Hall–Kier alpha value is -1.45. The maximum Gasteiger partial charge on any atom is 0.175 e. The van der Waals surface area contributed by atoms with Gasteiger partial charge in [0.1, 0.15) is 0 Å². The highest BCUT2D eigenvalue weighted by atomic mass is 35.5. The predicted molar refractivity (Wildman–Crippen MR) is 83.0 cm³/mol. The molecule has 4 heteroatoms. The van der Waals surface area contributed by atoms with Crippen LogP contribution in [0.3, 0.4) is 0 Å². The number of carbonyl (C=O) groups is 1. The van der Waals surface area contributed by atoms with E-state index in [0.29, 0.717) is 15.5 Å². The Balaban J connectivity index is 2.17. The van der Waals surface area contributed by atoms with Crippen LogP contribution in [-0.2, 0) is 10.8 Å². The molecule has 2 rings (SSSR count). The summed E-state index contributed by atoms with van der Waals surface area (Å²) in [7, 11) is -1.37. The molecule has 0 aliphatic heterocycles. The highest BCUT2D eigenvalue weighted by Gasteiger charge is 2.14. The minimum Gasteiger partial charge on any atom is -0.293 e. The van der Waals surface area contributed by atoms with Crippen molar-refractivity contribution in [3.8, 4) is 0 Å². The van der Waals surface area contributed by atoms with Gasteiger partial charge in [0.2, 0.25) is 0 Å². The van der Waals surface area contributed by atoms with Crippen molar-refractivity contribution in [2.24, 2.45) is 0 Å². The fourth-order valence-electron chi connectivity index (χ4n) is 2.02. The van der Waals surface area contributed by atoms with Crippen LogP contribution < -0.4 is 0 Å². The fourth-order valence-corrected chi connectivity index (χ4v) is 3.32. The topological polar surface area (TPSA) is 34.1 Å². The van der Waals surface area contributed by atoms with Gasteiger partial charge in [0.15, 0.2) is 5.78 Å². The van der Waals surface area contributed by atoms with E-state index in [9.17, 15) is 9.00 Å². The maximum atomic E-state index is 12.2. The second kappa shape index (κ2) is 6.33. The van der Waals surface area contributed by atoms with E-state index < -0.39 is 10.8 Å². The Kier molecular flexibility index (Phi) is 4.73. The molecule has 0 fully saturated rings. The van der Waals surface area contributed by atoms with Gasteiger partial charge in [-0.05, 0) is 37.6 Å². The highest BCUT2D eigenvalue weighted by Crippen LogP contribution is 2.16. The first-order valence-electron chi connectivity index (χ1n) is 6.22. The lowest BCUT2D eigenvalue weighted by atomic mass is 10.0. The molecule has 0 saturated heterocycles. The summed E-state index contributed by atoms with van der Waals surface area (Å²) in [5, 5.41) is 0.523. The van der Waals surface area contributed by atoms with E-state index in [1.165, 1.54) is 0 Å². The van der Waals surface area contributed by atoms with Crippen molar-refractivity contribution < 1.29 is 9.00 Å². The summed E-state index contributed by atoms with van der Waals surface area (Å²) < 4.78 is 12.2. The molecule has 104 valence electrons. The Bertz CT molecular complexity index is 680. The SMILES string of the molecule is Cc1ccc(C(=O)CS(=O)c2cccc(Cl)c2)c(C)c1. The number of benzene rings is 2. The summed E-state index contributed by atoms with van der Waals surface area (Å²) in [4.78, 5) is 12.8. The number of rotatable bonds is 4. The molecule has 2 nitrogen and oxygen atoms in total. The maximum absolute atomic E-state index is 12.2. The zero-order chi connectivity index (χ0) is 14.7. The van der Waals surface area contributed by atoms with E-state index in [4.69, 9.17) is 11.6 Å². The zero-order valence-corrected chi connectivity index (χ0v) is 12.9. The molecule has 1 atom stereocenters. The summed E-state index contributed by atoms with van der Waals surface area (Å²) in [6.45, 7) is 3.87. The summed E-state index contributed by atoms with van der Waals surface area (Å²) in [6.07, 6.45) is 0. The molecule has 0 radical (unpaired) electrons. The van der Waals surface area contributed by atoms with Crippen LogP contribution in [0.2, 0.25) is 5.02 Å². The van der Waals surface area contributed by atoms with Crippen molar-refractivity contribution in [2.75, 3.05) is 5.75 Å². The average Bonchev–Trinajstić information content (AvgIpc) is 2.38. The van der Waals surface area contributed by atoms with Crippen LogP contribution in [0.5, 0.6) is 0 Å². The third-order valence-electron chi connectivity index (χ3n) is 3.00. The van der Waals surface area contributed by atoms with Gasteiger partial charge in [-0.3, -0.25) is 9.00 Å². The molecular formula is C16H15ClO2S. The zero-order valence-electron chi connectivity index (χ0n) is 11.4. The molecule has 2 aromatic carbocycles. The van der Waals surface area contributed by atoms with Gasteiger partial charge in [0.25, 0.3) is 0 Å². The molecule has 1 unspecified atom stereocenters. The van der Waals surface area contributed by atoms with E-state index in [0.717, 1.165) is 11.1 Å². The Morgan fingerprint density at radius 1 is 1.15 bits per heavy atom. The molecule has 0 aliphatic carbocycles. The number of hydrogen-bond donors (Lipinski definition) is 0. The minimum absolute atomic E-state index is 0.0236. The molecule has 0 N–H and O–H groups in total. The first-order chi connectivity index (χ1) is 9.47. The third kappa shape index (κ3) is 3.56. The highest BCUT2D eigenvalue weighted by molar-refractivity contribution is 7.85.